The lowest BCUT2D eigenvalue weighted by Crippen LogP contribution is -2.40. The highest BCUT2D eigenvalue weighted by Gasteiger charge is 2.40. The first kappa shape index (κ1) is 16.3. The van der Waals surface area contributed by atoms with E-state index in [1.807, 2.05) is 11.4 Å². The van der Waals surface area contributed by atoms with Crippen LogP contribution < -0.4 is 5.32 Å². The van der Waals surface area contributed by atoms with Gasteiger partial charge in [0.25, 0.3) is 0 Å². The molecule has 0 radical (unpaired) electrons. The van der Waals surface area contributed by atoms with Crippen LogP contribution in [0.1, 0.15) is 42.5 Å². The van der Waals surface area contributed by atoms with Crippen molar-refractivity contribution >= 4 is 11.9 Å². The molecule has 0 heterocycles. The van der Waals surface area contributed by atoms with Crippen LogP contribution in [0.3, 0.4) is 0 Å². The van der Waals surface area contributed by atoms with Crippen molar-refractivity contribution in [2.45, 2.75) is 45.0 Å². The van der Waals surface area contributed by atoms with Crippen LogP contribution in [0.15, 0.2) is 18.2 Å². The highest BCUT2D eigenvalue weighted by atomic mass is 19.4. The summed E-state index contributed by atoms with van der Waals surface area (Å²) >= 11 is 0. The van der Waals surface area contributed by atoms with Crippen molar-refractivity contribution in [1.82, 2.24) is 5.32 Å². The Bertz CT molecular complexity index is 584. The van der Waals surface area contributed by atoms with E-state index in [2.05, 4.69) is 0 Å². The number of aryl methyl sites for hydroxylation is 1. The monoisotopic (exact) mass is 315 g/mol. The number of nitrogens with one attached hydrogen (secondary N) is 1. The van der Waals surface area contributed by atoms with Crippen molar-refractivity contribution < 1.29 is 27.5 Å². The third-order valence-corrected chi connectivity index (χ3v) is 3.53. The summed E-state index contributed by atoms with van der Waals surface area (Å²) in [6.45, 7) is 1.43. The average Bonchev–Trinajstić information content (AvgIpc) is 2.44. The van der Waals surface area contributed by atoms with E-state index in [9.17, 15) is 22.8 Å². The molecule has 7 heteroatoms. The quantitative estimate of drug-likeness (QED) is 0.873. The molecule has 120 valence electrons. The molecule has 0 unspecified atom stereocenters. The maximum atomic E-state index is 12.4. The van der Waals surface area contributed by atoms with Crippen molar-refractivity contribution in [3.8, 4) is 0 Å². The van der Waals surface area contributed by atoms with Crippen LogP contribution in [0.5, 0.6) is 0 Å². The SMILES string of the molecule is CC(=O)OCc1ccc2c(c1)CCC[C@H]2NC(=O)C(F)(F)F. The van der Waals surface area contributed by atoms with Crippen LogP contribution in [-0.4, -0.2) is 18.1 Å². The minimum absolute atomic E-state index is 0.127. The number of hydrogen-bond acceptors (Lipinski definition) is 3. The van der Waals surface area contributed by atoms with Crippen LogP contribution in [0.4, 0.5) is 13.2 Å². The van der Waals surface area contributed by atoms with E-state index < -0.39 is 24.1 Å². The molecule has 1 aromatic rings. The van der Waals surface area contributed by atoms with Gasteiger partial charge in [-0.05, 0) is 36.0 Å². The first-order chi connectivity index (χ1) is 10.3. The van der Waals surface area contributed by atoms with Gasteiger partial charge < -0.3 is 10.1 Å². The fourth-order valence-corrected chi connectivity index (χ4v) is 2.53. The number of hydrogen-bond donors (Lipinski definition) is 1. The summed E-state index contributed by atoms with van der Waals surface area (Å²) in [4.78, 5) is 21.9. The highest BCUT2D eigenvalue weighted by molar-refractivity contribution is 5.82. The lowest BCUT2D eigenvalue weighted by atomic mass is 9.86. The summed E-state index contributed by atoms with van der Waals surface area (Å²) in [6, 6.07) is 4.55. The average molecular weight is 315 g/mol. The molecule has 4 nitrogen and oxygen atoms in total. The van der Waals surface area contributed by atoms with E-state index in [0.717, 1.165) is 17.5 Å². The smallest absolute Gasteiger partial charge is 0.461 e. The molecule has 1 atom stereocenters. The second kappa shape index (κ2) is 6.37. The van der Waals surface area contributed by atoms with Crippen molar-refractivity contribution in [3.05, 3.63) is 34.9 Å². The first-order valence-electron chi connectivity index (χ1n) is 6.90. The molecule has 0 bridgehead atoms. The number of ether oxygens (including phenoxy) is 1. The second-order valence-corrected chi connectivity index (χ2v) is 5.23. The zero-order valence-electron chi connectivity index (χ0n) is 12.0. The van der Waals surface area contributed by atoms with E-state index in [-0.39, 0.29) is 6.61 Å². The van der Waals surface area contributed by atoms with Crippen molar-refractivity contribution in [3.63, 3.8) is 0 Å². The number of carbonyl (C=O) groups is 2. The number of benzene rings is 1. The Morgan fingerprint density at radius 1 is 1.36 bits per heavy atom. The standard InChI is InChI=1S/C15H16F3NO3/c1-9(20)22-8-10-5-6-12-11(7-10)3-2-4-13(12)19-14(21)15(16,17)18/h5-7,13H,2-4,8H2,1H3,(H,19,21)/t13-/m1/s1. The predicted octanol–water partition coefficient (Wildman–Crippen LogP) is 2.81. The lowest BCUT2D eigenvalue weighted by molar-refractivity contribution is -0.174. The Balaban J connectivity index is 2.14. The van der Waals surface area contributed by atoms with Gasteiger partial charge in [0.05, 0.1) is 6.04 Å². The minimum atomic E-state index is -4.88. The van der Waals surface area contributed by atoms with E-state index in [1.165, 1.54) is 6.92 Å². The maximum Gasteiger partial charge on any atom is 0.471 e. The summed E-state index contributed by atoms with van der Waals surface area (Å²) in [5.41, 5.74) is 2.34. The molecule has 2 rings (SSSR count). The van der Waals surface area contributed by atoms with E-state index in [4.69, 9.17) is 4.74 Å². The molecule has 22 heavy (non-hydrogen) atoms. The number of esters is 1. The van der Waals surface area contributed by atoms with Gasteiger partial charge in [0.15, 0.2) is 0 Å². The van der Waals surface area contributed by atoms with Crippen LogP contribution in [0.25, 0.3) is 0 Å². The summed E-state index contributed by atoms with van der Waals surface area (Å²) in [5, 5.41) is 2.04. The molecule has 0 aliphatic heterocycles. The summed E-state index contributed by atoms with van der Waals surface area (Å²) < 4.78 is 42.0. The maximum absolute atomic E-state index is 12.4. The van der Waals surface area contributed by atoms with Gasteiger partial charge in [0.2, 0.25) is 0 Å². The molecule has 0 spiro atoms. The topological polar surface area (TPSA) is 55.4 Å². The number of fused-ring (bicyclic) bond motifs is 1. The Morgan fingerprint density at radius 3 is 2.73 bits per heavy atom. The van der Waals surface area contributed by atoms with Gasteiger partial charge in [0.1, 0.15) is 6.61 Å². The van der Waals surface area contributed by atoms with E-state index in [0.29, 0.717) is 18.4 Å². The molecule has 1 amide bonds. The molecule has 1 aliphatic rings. The van der Waals surface area contributed by atoms with Gasteiger partial charge in [-0.25, -0.2) is 0 Å². The minimum Gasteiger partial charge on any atom is -0.461 e. The Morgan fingerprint density at radius 2 is 2.09 bits per heavy atom. The van der Waals surface area contributed by atoms with Gasteiger partial charge in [-0.1, -0.05) is 18.2 Å². The molecule has 0 fully saturated rings. The summed E-state index contributed by atoms with van der Waals surface area (Å²) in [6.07, 6.45) is -3.00. The third kappa shape index (κ3) is 3.99. The first-order valence-corrected chi connectivity index (χ1v) is 6.90. The molecular formula is C15H16F3NO3. The fourth-order valence-electron chi connectivity index (χ4n) is 2.53. The van der Waals surface area contributed by atoms with Crippen molar-refractivity contribution in [1.29, 1.82) is 0 Å². The zero-order chi connectivity index (χ0) is 16.3. The second-order valence-electron chi connectivity index (χ2n) is 5.23. The molecule has 1 aliphatic carbocycles. The molecule has 0 saturated heterocycles. The predicted molar refractivity (Wildman–Crippen MR) is 71.8 cm³/mol. The molecule has 1 N–H and O–H groups in total. The van der Waals surface area contributed by atoms with Gasteiger partial charge in [0, 0.05) is 6.92 Å². The van der Waals surface area contributed by atoms with Crippen LogP contribution in [0.2, 0.25) is 0 Å². The number of carbonyl (C=O) groups excluding carboxylic acids is 2. The number of halogens is 3. The van der Waals surface area contributed by atoms with E-state index >= 15 is 0 Å². The van der Waals surface area contributed by atoms with E-state index in [1.54, 1.807) is 12.1 Å². The number of alkyl halides is 3. The Hall–Kier alpha value is -2.05. The van der Waals surface area contributed by atoms with Gasteiger partial charge >= 0.3 is 18.1 Å². The van der Waals surface area contributed by atoms with Crippen molar-refractivity contribution in [2.24, 2.45) is 0 Å². The van der Waals surface area contributed by atoms with Crippen LogP contribution in [0, 0.1) is 0 Å². The molecular weight excluding hydrogens is 299 g/mol. The number of rotatable bonds is 3. The summed E-state index contributed by atoms with van der Waals surface area (Å²) in [5.74, 6) is -2.32. The molecule has 0 aromatic heterocycles. The summed E-state index contributed by atoms with van der Waals surface area (Å²) in [7, 11) is 0. The Labute approximate surface area is 125 Å². The highest BCUT2D eigenvalue weighted by Crippen LogP contribution is 2.31. The third-order valence-electron chi connectivity index (χ3n) is 3.53. The Kier molecular flexibility index (Phi) is 4.73. The van der Waals surface area contributed by atoms with Gasteiger partial charge in [-0.2, -0.15) is 13.2 Å². The zero-order valence-corrected chi connectivity index (χ0v) is 12.0. The normalized spacial score (nSPS) is 17.5. The van der Waals surface area contributed by atoms with Crippen LogP contribution >= 0.6 is 0 Å². The van der Waals surface area contributed by atoms with Gasteiger partial charge in [-0.15, -0.1) is 0 Å². The van der Waals surface area contributed by atoms with Crippen LogP contribution in [-0.2, 0) is 27.4 Å². The fraction of sp³-hybridized carbons (Fsp3) is 0.467. The molecule has 1 aromatic carbocycles. The lowest BCUT2D eigenvalue weighted by Gasteiger charge is -2.27. The largest absolute Gasteiger partial charge is 0.471 e. The number of amides is 1. The molecule has 0 saturated carbocycles. The van der Waals surface area contributed by atoms with Gasteiger partial charge in [-0.3, -0.25) is 9.59 Å². The van der Waals surface area contributed by atoms with Crippen molar-refractivity contribution in [2.75, 3.05) is 0 Å².